The number of ether oxygens (including phenoxy) is 1. The Labute approximate surface area is 162 Å². The van der Waals surface area contributed by atoms with Gasteiger partial charge in [0.05, 0.1) is 12.0 Å². The Morgan fingerprint density at radius 2 is 1.93 bits per heavy atom. The molecule has 142 valence electrons. The zero-order valence-electron chi connectivity index (χ0n) is 14.7. The third-order valence-electron chi connectivity index (χ3n) is 4.05. The molecule has 0 fully saturated rings. The van der Waals surface area contributed by atoms with Crippen LogP contribution in [0.25, 0.3) is 11.3 Å². The van der Waals surface area contributed by atoms with Gasteiger partial charge in [-0.15, -0.1) is 0 Å². The van der Waals surface area contributed by atoms with Crippen molar-refractivity contribution in [2.24, 2.45) is 0 Å². The molecule has 0 amide bonds. The van der Waals surface area contributed by atoms with Crippen molar-refractivity contribution < 1.29 is 17.5 Å². The van der Waals surface area contributed by atoms with Crippen LogP contribution in [0, 0.1) is 5.82 Å². The summed E-state index contributed by atoms with van der Waals surface area (Å²) in [6.45, 7) is 0.350. The number of nitrogens with zero attached hydrogens (tertiary/aromatic N) is 1. The molecule has 0 saturated heterocycles. The van der Waals surface area contributed by atoms with Gasteiger partial charge in [0.2, 0.25) is 0 Å². The van der Waals surface area contributed by atoms with Crippen molar-refractivity contribution in [2.45, 2.75) is 11.4 Å². The van der Waals surface area contributed by atoms with Crippen LogP contribution >= 0.6 is 11.6 Å². The zero-order chi connectivity index (χ0) is 19.6. The Morgan fingerprint density at radius 1 is 1.19 bits per heavy atom. The third-order valence-corrected chi connectivity index (χ3v) is 5.94. The molecule has 1 aromatic heterocycles. The molecule has 0 saturated carbocycles. The van der Waals surface area contributed by atoms with Crippen LogP contribution in [0.3, 0.4) is 0 Å². The highest BCUT2D eigenvalue weighted by atomic mass is 35.5. The Morgan fingerprint density at radius 3 is 2.56 bits per heavy atom. The molecule has 27 heavy (non-hydrogen) atoms. The number of rotatable bonds is 6. The van der Waals surface area contributed by atoms with Crippen LogP contribution in [0.5, 0.6) is 5.75 Å². The molecule has 0 aliphatic carbocycles. The van der Waals surface area contributed by atoms with Crippen molar-refractivity contribution in [3.63, 3.8) is 0 Å². The van der Waals surface area contributed by atoms with E-state index in [1.54, 1.807) is 31.3 Å². The SMILES string of the molecule is CNCc1cn(S(=O)(=O)c2cccc(Cl)c2)c(-c2ccccc2F)c1OC. The van der Waals surface area contributed by atoms with E-state index in [4.69, 9.17) is 16.3 Å². The van der Waals surface area contributed by atoms with Gasteiger partial charge in [0.1, 0.15) is 17.3 Å². The van der Waals surface area contributed by atoms with E-state index in [-0.39, 0.29) is 21.2 Å². The maximum atomic E-state index is 14.5. The molecule has 0 aliphatic rings. The molecule has 3 rings (SSSR count). The van der Waals surface area contributed by atoms with Gasteiger partial charge in [0.15, 0.2) is 0 Å². The molecule has 0 spiro atoms. The minimum atomic E-state index is -4.03. The fourth-order valence-electron chi connectivity index (χ4n) is 2.89. The van der Waals surface area contributed by atoms with Gasteiger partial charge in [-0.25, -0.2) is 16.8 Å². The largest absolute Gasteiger partial charge is 0.494 e. The second-order valence-electron chi connectivity index (χ2n) is 5.80. The van der Waals surface area contributed by atoms with Crippen LogP contribution in [0.4, 0.5) is 4.39 Å². The monoisotopic (exact) mass is 408 g/mol. The highest BCUT2D eigenvalue weighted by molar-refractivity contribution is 7.90. The summed E-state index contributed by atoms with van der Waals surface area (Å²) >= 11 is 5.97. The minimum absolute atomic E-state index is 0.00116. The van der Waals surface area contributed by atoms with Gasteiger partial charge in [0, 0.05) is 28.9 Å². The summed E-state index contributed by atoms with van der Waals surface area (Å²) < 4.78 is 47.6. The van der Waals surface area contributed by atoms with Gasteiger partial charge in [-0.1, -0.05) is 29.8 Å². The van der Waals surface area contributed by atoms with Gasteiger partial charge in [-0.3, -0.25) is 0 Å². The van der Waals surface area contributed by atoms with E-state index in [9.17, 15) is 12.8 Å². The predicted molar refractivity (Wildman–Crippen MR) is 103 cm³/mol. The summed E-state index contributed by atoms with van der Waals surface area (Å²) in [6.07, 6.45) is 1.44. The lowest BCUT2D eigenvalue weighted by molar-refractivity contribution is 0.411. The van der Waals surface area contributed by atoms with Crippen molar-refractivity contribution in [2.75, 3.05) is 14.2 Å². The first-order valence-electron chi connectivity index (χ1n) is 8.09. The molecule has 0 atom stereocenters. The number of benzene rings is 2. The summed E-state index contributed by atoms with van der Waals surface area (Å²) in [5.74, 6) is -0.257. The molecule has 5 nitrogen and oxygen atoms in total. The molecule has 0 aliphatic heterocycles. The van der Waals surface area contributed by atoms with E-state index >= 15 is 0 Å². The summed E-state index contributed by atoms with van der Waals surface area (Å²) in [5.41, 5.74) is 0.840. The number of hydrogen-bond donors (Lipinski definition) is 1. The molecule has 1 heterocycles. The number of aromatic nitrogens is 1. The van der Waals surface area contributed by atoms with Crippen LogP contribution in [-0.4, -0.2) is 26.5 Å². The van der Waals surface area contributed by atoms with E-state index < -0.39 is 15.8 Å². The molecule has 8 heteroatoms. The molecule has 0 radical (unpaired) electrons. The predicted octanol–water partition coefficient (Wildman–Crippen LogP) is 3.91. The van der Waals surface area contributed by atoms with Crippen LogP contribution < -0.4 is 10.1 Å². The third kappa shape index (κ3) is 3.58. The highest BCUT2D eigenvalue weighted by Gasteiger charge is 2.28. The van der Waals surface area contributed by atoms with Crippen LogP contribution in [0.2, 0.25) is 5.02 Å². The number of nitrogens with one attached hydrogen (secondary N) is 1. The second kappa shape index (κ2) is 7.72. The lowest BCUT2D eigenvalue weighted by atomic mass is 10.1. The first-order valence-corrected chi connectivity index (χ1v) is 9.90. The van der Waals surface area contributed by atoms with Crippen molar-refractivity contribution in [3.05, 3.63) is 71.1 Å². The van der Waals surface area contributed by atoms with Gasteiger partial charge in [-0.2, -0.15) is 0 Å². The molecule has 3 aromatic rings. The molecule has 2 aromatic carbocycles. The summed E-state index contributed by atoms with van der Waals surface area (Å²) in [6, 6.07) is 11.9. The van der Waals surface area contributed by atoms with Gasteiger partial charge < -0.3 is 10.1 Å². The normalized spacial score (nSPS) is 11.6. The lowest BCUT2D eigenvalue weighted by Gasteiger charge is -2.13. The van der Waals surface area contributed by atoms with E-state index in [0.29, 0.717) is 17.9 Å². The maximum absolute atomic E-state index is 14.5. The number of halogens is 2. The molecule has 1 N–H and O–H groups in total. The Balaban J connectivity index is 2.34. The average Bonchev–Trinajstić information content (AvgIpc) is 3.01. The molecule has 0 bridgehead atoms. The molecule has 0 unspecified atom stereocenters. The Bertz CT molecular complexity index is 1080. The number of methoxy groups -OCH3 is 1. The smallest absolute Gasteiger partial charge is 0.268 e. The lowest BCUT2D eigenvalue weighted by Crippen LogP contribution is -2.14. The standard InChI is InChI=1S/C19H18ClFN2O3S/c1-22-11-13-12-23(27(24,25)15-7-5-6-14(20)10-15)18(19(13)26-2)16-8-3-4-9-17(16)21/h3-10,12,22H,11H2,1-2H3. The van der Waals surface area contributed by atoms with Crippen LogP contribution in [0.15, 0.2) is 59.6 Å². The second-order valence-corrected chi connectivity index (χ2v) is 8.06. The molecular formula is C19H18ClFN2O3S. The van der Waals surface area contributed by atoms with Crippen molar-refractivity contribution in [1.82, 2.24) is 9.29 Å². The van der Waals surface area contributed by atoms with Crippen LogP contribution in [-0.2, 0) is 16.6 Å². The average molecular weight is 409 g/mol. The first-order chi connectivity index (χ1) is 12.9. The van der Waals surface area contributed by atoms with E-state index in [1.165, 1.54) is 37.6 Å². The fraction of sp³-hybridized carbons (Fsp3) is 0.158. The van der Waals surface area contributed by atoms with E-state index in [1.807, 2.05) is 0 Å². The van der Waals surface area contributed by atoms with Gasteiger partial charge >= 0.3 is 0 Å². The highest BCUT2D eigenvalue weighted by Crippen LogP contribution is 2.38. The zero-order valence-corrected chi connectivity index (χ0v) is 16.3. The van der Waals surface area contributed by atoms with E-state index in [2.05, 4.69) is 5.32 Å². The van der Waals surface area contributed by atoms with Crippen molar-refractivity contribution in [1.29, 1.82) is 0 Å². The van der Waals surface area contributed by atoms with Crippen LogP contribution in [0.1, 0.15) is 5.56 Å². The van der Waals surface area contributed by atoms with Gasteiger partial charge in [-0.05, 0) is 37.4 Å². The maximum Gasteiger partial charge on any atom is 0.268 e. The molecular weight excluding hydrogens is 391 g/mol. The fourth-order valence-corrected chi connectivity index (χ4v) is 4.58. The van der Waals surface area contributed by atoms with Gasteiger partial charge in [0.25, 0.3) is 10.0 Å². The minimum Gasteiger partial charge on any atom is -0.494 e. The summed E-state index contributed by atoms with van der Waals surface area (Å²) in [7, 11) is -0.876. The topological polar surface area (TPSA) is 60.3 Å². The van der Waals surface area contributed by atoms with E-state index in [0.717, 1.165) is 3.97 Å². The number of hydrogen-bond acceptors (Lipinski definition) is 4. The van der Waals surface area contributed by atoms with Crippen molar-refractivity contribution in [3.8, 4) is 17.0 Å². The quantitative estimate of drug-likeness (QED) is 0.671. The Kier molecular flexibility index (Phi) is 5.55. The Hall–Kier alpha value is -2.35. The summed E-state index contributed by atoms with van der Waals surface area (Å²) in [4.78, 5) is 0.00116. The summed E-state index contributed by atoms with van der Waals surface area (Å²) in [5, 5.41) is 3.25. The first kappa shape index (κ1) is 19.4. The van der Waals surface area contributed by atoms with Crippen molar-refractivity contribution >= 4 is 21.6 Å².